The number of hydrogen-bond acceptors (Lipinski definition) is 7. The standard InChI is InChI=1S/C21H16N2O5.C2H7N/c1-2-21(28-11-24)15-8-17-18-13(7-12-5-3-4-6-16(12)22-18)9-23(17)19(25)14(15)10-27-20(21)26;1-2-3/h3-8,11H,2,9-10H2,1H3;2-3H2,1H3/t21-;/m0./s1. The Morgan fingerprint density at radius 1 is 1.26 bits per heavy atom. The number of aromatic nitrogens is 2. The molecule has 0 aliphatic carbocycles. The molecule has 0 spiro atoms. The van der Waals surface area contributed by atoms with Crippen molar-refractivity contribution in [2.45, 2.75) is 39.0 Å². The Bertz CT molecular complexity index is 1250. The van der Waals surface area contributed by atoms with Gasteiger partial charge in [0.15, 0.2) is 0 Å². The Labute approximate surface area is 178 Å². The van der Waals surface area contributed by atoms with Crippen LogP contribution in [0.15, 0.2) is 41.2 Å². The number of esters is 1. The van der Waals surface area contributed by atoms with E-state index in [2.05, 4.69) is 0 Å². The molecule has 8 heteroatoms. The van der Waals surface area contributed by atoms with Crippen LogP contribution in [0.25, 0.3) is 22.3 Å². The Morgan fingerprint density at radius 3 is 2.71 bits per heavy atom. The van der Waals surface area contributed by atoms with Gasteiger partial charge in [-0.2, -0.15) is 0 Å². The minimum absolute atomic E-state index is 0.136. The molecule has 1 atom stereocenters. The van der Waals surface area contributed by atoms with E-state index in [9.17, 15) is 14.4 Å². The number of pyridine rings is 2. The molecule has 4 heterocycles. The highest BCUT2D eigenvalue weighted by atomic mass is 16.6. The maximum Gasteiger partial charge on any atom is 0.355 e. The lowest BCUT2D eigenvalue weighted by atomic mass is 9.85. The molecule has 0 saturated carbocycles. The fourth-order valence-corrected chi connectivity index (χ4v) is 4.19. The quantitative estimate of drug-likeness (QED) is 0.399. The number of nitrogens with two attached hydrogens (primary N) is 1. The zero-order valence-corrected chi connectivity index (χ0v) is 17.4. The minimum Gasteiger partial charge on any atom is -0.457 e. The number of rotatable bonds is 3. The number of nitrogens with zero attached hydrogens (tertiary/aromatic N) is 2. The summed E-state index contributed by atoms with van der Waals surface area (Å²) in [5, 5.41) is 0.998. The summed E-state index contributed by atoms with van der Waals surface area (Å²) < 4.78 is 12.0. The van der Waals surface area contributed by atoms with E-state index in [1.807, 2.05) is 37.3 Å². The highest BCUT2D eigenvalue weighted by molar-refractivity contribution is 5.87. The third-order valence-corrected chi connectivity index (χ3v) is 5.63. The molecule has 3 aromatic rings. The molecule has 0 fully saturated rings. The predicted molar refractivity (Wildman–Crippen MR) is 114 cm³/mol. The van der Waals surface area contributed by atoms with Crippen LogP contribution in [0.4, 0.5) is 0 Å². The lowest BCUT2D eigenvalue weighted by molar-refractivity contribution is -0.182. The third kappa shape index (κ3) is 3.11. The van der Waals surface area contributed by atoms with Gasteiger partial charge in [0.25, 0.3) is 12.0 Å². The first kappa shape index (κ1) is 20.7. The van der Waals surface area contributed by atoms with Crippen molar-refractivity contribution in [2.75, 3.05) is 6.54 Å². The molecule has 31 heavy (non-hydrogen) atoms. The van der Waals surface area contributed by atoms with Crippen LogP contribution in [0.1, 0.15) is 37.0 Å². The fourth-order valence-electron chi connectivity index (χ4n) is 4.19. The molecular formula is C23H23N3O5. The lowest BCUT2D eigenvalue weighted by Crippen LogP contribution is -2.46. The topological polar surface area (TPSA) is 114 Å². The van der Waals surface area contributed by atoms with Gasteiger partial charge < -0.3 is 19.8 Å². The van der Waals surface area contributed by atoms with E-state index in [0.29, 0.717) is 29.1 Å². The van der Waals surface area contributed by atoms with Crippen LogP contribution < -0.4 is 11.3 Å². The largest absolute Gasteiger partial charge is 0.457 e. The van der Waals surface area contributed by atoms with Crippen molar-refractivity contribution in [1.82, 2.24) is 9.55 Å². The number of ether oxygens (including phenoxy) is 2. The monoisotopic (exact) mass is 421 g/mol. The van der Waals surface area contributed by atoms with Gasteiger partial charge in [0.1, 0.15) is 6.61 Å². The molecular weight excluding hydrogens is 398 g/mol. The Balaban J connectivity index is 0.000000730. The van der Waals surface area contributed by atoms with Gasteiger partial charge in [-0.05, 0) is 31.2 Å². The summed E-state index contributed by atoms with van der Waals surface area (Å²) in [5.41, 5.74) is 6.79. The summed E-state index contributed by atoms with van der Waals surface area (Å²) in [7, 11) is 0. The van der Waals surface area contributed by atoms with Gasteiger partial charge in [0.2, 0.25) is 5.60 Å². The van der Waals surface area contributed by atoms with Crippen LogP contribution >= 0.6 is 0 Å². The molecule has 0 unspecified atom stereocenters. The molecule has 0 bridgehead atoms. The van der Waals surface area contributed by atoms with Gasteiger partial charge in [0, 0.05) is 16.5 Å². The summed E-state index contributed by atoms with van der Waals surface area (Å²) in [6.07, 6.45) is 0.165. The van der Waals surface area contributed by atoms with Crippen molar-refractivity contribution in [1.29, 1.82) is 0 Å². The van der Waals surface area contributed by atoms with Crippen LogP contribution in [0, 0.1) is 0 Å². The van der Waals surface area contributed by atoms with Crippen LogP contribution in [0.3, 0.4) is 0 Å². The molecule has 160 valence electrons. The van der Waals surface area contributed by atoms with E-state index in [4.69, 9.17) is 20.2 Å². The van der Waals surface area contributed by atoms with Crippen molar-refractivity contribution in [3.8, 4) is 11.4 Å². The first-order chi connectivity index (χ1) is 15.0. The first-order valence-electron chi connectivity index (χ1n) is 10.2. The second-order valence-electron chi connectivity index (χ2n) is 7.38. The smallest absolute Gasteiger partial charge is 0.355 e. The van der Waals surface area contributed by atoms with Crippen LogP contribution in [-0.2, 0) is 37.8 Å². The highest BCUT2D eigenvalue weighted by Gasteiger charge is 2.49. The SMILES string of the molecule is CCN.CC[C@@]1(OC=O)C(=O)OCc2c1cc1n(c2=O)Cc2cc3ccccc3nc2-1. The average molecular weight is 421 g/mol. The second-order valence-corrected chi connectivity index (χ2v) is 7.38. The van der Waals surface area contributed by atoms with Crippen LogP contribution in [-0.4, -0.2) is 28.5 Å². The lowest BCUT2D eigenvalue weighted by Gasteiger charge is -2.34. The van der Waals surface area contributed by atoms with E-state index in [-0.39, 0.29) is 25.1 Å². The maximum atomic E-state index is 13.2. The van der Waals surface area contributed by atoms with E-state index in [0.717, 1.165) is 23.0 Å². The summed E-state index contributed by atoms with van der Waals surface area (Å²) in [4.78, 5) is 41.6. The van der Waals surface area contributed by atoms with Crippen molar-refractivity contribution < 1.29 is 19.1 Å². The number of cyclic esters (lactones) is 1. The summed E-state index contributed by atoms with van der Waals surface area (Å²) in [6, 6.07) is 11.5. The number of carbonyl (C=O) groups excluding carboxylic acids is 2. The molecule has 2 aliphatic heterocycles. The van der Waals surface area contributed by atoms with Crippen molar-refractivity contribution in [3.63, 3.8) is 0 Å². The molecule has 8 nitrogen and oxygen atoms in total. The Hall–Kier alpha value is -3.52. The predicted octanol–water partition coefficient (Wildman–Crippen LogP) is 2.23. The maximum absolute atomic E-state index is 13.2. The Morgan fingerprint density at radius 2 is 2.00 bits per heavy atom. The molecule has 1 aromatic carbocycles. The van der Waals surface area contributed by atoms with Gasteiger partial charge in [-0.15, -0.1) is 0 Å². The number of fused-ring (bicyclic) bond motifs is 5. The van der Waals surface area contributed by atoms with Crippen molar-refractivity contribution >= 4 is 23.3 Å². The molecule has 5 rings (SSSR count). The van der Waals surface area contributed by atoms with Gasteiger partial charge in [0.05, 0.1) is 29.0 Å². The first-order valence-corrected chi connectivity index (χ1v) is 10.2. The fraction of sp³-hybridized carbons (Fsp3) is 0.304. The number of para-hydroxylation sites is 1. The highest BCUT2D eigenvalue weighted by Crippen LogP contribution is 2.40. The van der Waals surface area contributed by atoms with Gasteiger partial charge in [-0.1, -0.05) is 32.0 Å². The van der Waals surface area contributed by atoms with Crippen LogP contribution in [0.2, 0.25) is 0 Å². The second kappa shape index (κ2) is 7.96. The summed E-state index contributed by atoms with van der Waals surface area (Å²) in [6.45, 7) is 4.86. The number of hydrogen-bond donors (Lipinski definition) is 1. The number of carbonyl (C=O) groups is 2. The molecule has 0 amide bonds. The van der Waals surface area contributed by atoms with Crippen molar-refractivity contribution in [3.05, 3.63) is 63.4 Å². The van der Waals surface area contributed by atoms with E-state index >= 15 is 0 Å². The van der Waals surface area contributed by atoms with Crippen LogP contribution in [0.5, 0.6) is 0 Å². The minimum atomic E-state index is -1.61. The molecule has 2 aliphatic rings. The third-order valence-electron chi connectivity index (χ3n) is 5.63. The molecule has 2 aromatic heterocycles. The zero-order chi connectivity index (χ0) is 22.2. The van der Waals surface area contributed by atoms with E-state index in [1.54, 1.807) is 17.6 Å². The average Bonchev–Trinajstić information content (AvgIpc) is 3.13. The van der Waals surface area contributed by atoms with E-state index in [1.165, 1.54) is 0 Å². The van der Waals surface area contributed by atoms with E-state index < -0.39 is 11.6 Å². The summed E-state index contributed by atoms with van der Waals surface area (Å²) >= 11 is 0. The molecule has 0 radical (unpaired) electrons. The van der Waals surface area contributed by atoms with Gasteiger partial charge >= 0.3 is 5.97 Å². The number of benzene rings is 1. The molecule has 2 N–H and O–H groups in total. The van der Waals surface area contributed by atoms with Gasteiger partial charge in [-0.3, -0.25) is 9.59 Å². The normalized spacial score (nSPS) is 18.2. The van der Waals surface area contributed by atoms with Crippen molar-refractivity contribution in [2.24, 2.45) is 5.73 Å². The van der Waals surface area contributed by atoms with Gasteiger partial charge in [-0.25, -0.2) is 9.78 Å². The Kier molecular flexibility index (Phi) is 5.32. The molecule has 0 saturated heterocycles. The zero-order valence-electron chi connectivity index (χ0n) is 17.4. The summed E-state index contributed by atoms with van der Waals surface area (Å²) in [5.74, 6) is -0.663.